The van der Waals surface area contributed by atoms with Gasteiger partial charge in [0.15, 0.2) is 0 Å². The standard InChI is InChI=1S/C33H42ClF3N6O3S/c1-38-30-25(33(35,36)37)17-21(18-26(30)34)16-22(31(45)42-13-4-23(5-14-42)40-9-2-3-10-40)19-29(44)41-11-6-24(7-12-41)43-20-28-27(8-15-47-28)39-32(43)46/h8,15,17-18,22-24,38H,2-7,9-14,16,19-20H2,1H3,(H,39,46)/t22-/m0/s1. The number of alkyl halides is 3. The third-order valence-corrected chi connectivity index (χ3v) is 11.4. The van der Waals surface area contributed by atoms with Crippen LogP contribution in [-0.4, -0.2) is 95.8 Å². The van der Waals surface area contributed by atoms with E-state index in [1.54, 1.807) is 21.1 Å². The van der Waals surface area contributed by atoms with Crippen LogP contribution in [-0.2, 0) is 28.7 Å². The Morgan fingerprint density at radius 1 is 1.02 bits per heavy atom. The van der Waals surface area contributed by atoms with Gasteiger partial charge in [-0.3, -0.25) is 9.59 Å². The van der Waals surface area contributed by atoms with Gasteiger partial charge in [-0.05, 0) is 87.2 Å². The topological polar surface area (TPSA) is 88.2 Å². The number of thiophene rings is 1. The molecular formula is C33H42ClF3N6O3S. The number of carbonyl (C=O) groups is 3. The molecule has 4 aliphatic heterocycles. The molecular weight excluding hydrogens is 653 g/mol. The maximum atomic E-state index is 14.0. The summed E-state index contributed by atoms with van der Waals surface area (Å²) >= 11 is 7.90. The summed E-state index contributed by atoms with van der Waals surface area (Å²) in [6, 6.07) is 4.67. The number of urea groups is 1. The van der Waals surface area contributed by atoms with E-state index in [1.165, 1.54) is 26.0 Å². The van der Waals surface area contributed by atoms with Crippen LogP contribution in [0.15, 0.2) is 23.6 Å². The van der Waals surface area contributed by atoms with Crippen molar-refractivity contribution in [2.24, 2.45) is 5.92 Å². The van der Waals surface area contributed by atoms with Crippen LogP contribution in [0.25, 0.3) is 0 Å². The lowest BCUT2D eigenvalue weighted by Gasteiger charge is -2.40. The van der Waals surface area contributed by atoms with Gasteiger partial charge in [-0.2, -0.15) is 13.2 Å². The van der Waals surface area contributed by atoms with E-state index in [0.29, 0.717) is 51.6 Å². The Balaban J connectivity index is 1.15. The lowest BCUT2D eigenvalue weighted by atomic mass is 9.91. The molecule has 5 heterocycles. The molecule has 6 rings (SSSR count). The number of hydrogen-bond donors (Lipinski definition) is 2. The van der Waals surface area contributed by atoms with Gasteiger partial charge in [0.05, 0.1) is 34.4 Å². The number of halogens is 4. The fourth-order valence-corrected chi connectivity index (χ4v) is 8.82. The average molecular weight is 695 g/mol. The van der Waals surface area contributed by atoms with Gasteiger partial charge in [-0.15, -0.1) is 11.3 Å². The van der Waals surface area contributed by atoms with Gasteiger partial charge in [0.2, 0.25) is 11.8 Å². The second kappa shape index (κ2) is 14.2. The van der Waals surface area contributed by atoms with E-state index in [-0.39, 0.29) is 53.0 Å². The molecule has 4 amide bonds. The fourth-order valence-electron chi connectivity index (χ4n) is 7.66. The first-order valence-corrected chi connectivity index (χ1v) is 17.8. The van der Waals surface area contributed by atoms with Crippen LogP contribution in [0.3, 0.4) is 0 Å². The fraction of sp³-hybridized carbons (Fsp3) is 0.606. The van der Waals surface area contributed by atoms with Gasteiger partial charge < -0.3 is 30.2 Å². The molecule has 1 aromatic carbocycles. The van der Waals surface area contributed by atoms with E-state index >= 15 is 0 Å². The monoisotopic (exact) mass is 694 g/mol. The van der Waals surface area contributed by atoms with Crippen LogP contribution in [0.1, 0.15) is 60.9 Å². The molecule has 1 aromatic heterocycles. The molecule has 14 heteroatoms. The number of piperidine rings is 2. The third kappa shape index (κ3) is 7.51. The summed E-state index contributed by atoms with van der Waals surface area (Å²) in [5, 5.41) is 7.36. The summed E-state index contributed by atoms with van der Waals surface area (Å²) in [5.41, 5.74) is 0.00244. The molecule has 4 aliphatic rings. The highest BCUT2D eigenvalue weighted by Crippen LogP contribution is 2.40. The maximum Gasteiger partial charge on any atom is 0.418 e. The zero-order valence-corrected chi connectivity index (χ0v) is 28.2. The Hall–Kier alpha value is -3.03. The molecule has 2 N–H and O–H groups in total. The first-order chi connectivity index (χ1) is 22.5. The number of amides is 4. The van der Waals surface area contributed by atoms with Crippen LogP contribution in [0.4, 0.5) is 29.3 Å². The number of anilines is 2. The highest BCUT2D eigenvalue weighted by atomic mass is 35.5. The van der Waals surface area contributed by atoms with Gasteiger partial charge in [0.25, 0.3) is 0 Å². The van der Waals surface area contributed by atoms with Crippen molar-refractivity contribution in [1.29, 1.82) is 0 Å². The number of nitrogens with one attached hydrogen (secondary N) is 2. The van der Waals surface area contributed by atoms with E-state index in [9.17, 15) is 27.6 Å². The second-order valence-corrected chi connectivity index (χ2v) is 14.5. The molecule has 0 spiro atoms. The minimum Gasteiger partial charge on any atom is -0.386 e. The average Bonchev–Trinajstić information content (AvgIpc) is 3.76. The van der Waals surface area contributed by atoms with Crippen molar-refractivity contribution in [3.63, 3.8) is 0 Å². The van der Waals surface area contributed by atoms with Crippen molar-refractivity contribution in [2.45, 2.75) is 76.2 Å². The molecule has 0 unspecified atom stereocenters. The SMILES string of the molecule is CNc1c(Cl)cc(C[C@@H](CC(=O)N2CCC(N3Cc4sccc4NC3=O)CC2)C(=O)N2CCC(N3CCCC3)CC2)cc1C(F)(F)F. The van der Waals surface area contributed by atoms with E-state index in [2.05, 4.69) is 15.5 Å². The van der Waals surface area contributed by atoms with Gasteiger partial charge in [-0.1, -0.05) is 11.6 Å². The quantitative estimate of drug-likeness (QED) is 0.347. The van der Waals surface area contributed by atoms with Gasteiger partial charge in [0, 0.05) is 56.6 Å². The minimum atomic E-state index is -4.65. The summed E-state index contributed by atoms with van der Waals surface area (Å²) < 4.78 is 41.9. The van der Waals surface area contributed by atoms with Gasteiger partial charge in [-0.25, -0.2) is 4.79 Å². The van der Waals surface area contributed by atoms with Crippen molar-refractivity contribution in [3.05, 3.63) is 44.6 Å². The number of hydrogen-bond acceptors (Lipinski definition) is 6. The number of benzene rings is 1. The molecule has 0 aliphatic carbocycles. The highest BCUT2D eigenvalue weighted by molar-refractivity contribution is 7.10. The molecule has 2 aromatic rings. The van der Waals surface area contributed by atoms with Gasteiger partial charge >= 0.3 is 12.2 Å². The first-order valence-electron chi connectivity index (χ1n) is 16.5. The Morgan fingerprint density at radius 3 is 2.34 bits per heavy atom. The van der Waals surface area contributed by atoms with Crippen LogP contribution in [0, 0.1) is 5.92 Å². The third-order valence-electron chi connectivity index (χ3n) is 10.2. The molecule has 0 radical (unpaired) electrons. The molecule has 47 heavy (non-hydrogen) atoms. The van der Waals surface area contributed by atoms with Crippen molar-refractivity contribution in [3.8, 4) is 0 Å². The Bertz CT molecular complexity index is 1470. The molecule has 1 atom stereocenters. The lowest BCUT2D eigenvalue weighted by molar-refractivity contribution is -0.143. The molecule has 256 valence electrons. The summed E-state index contributed by atoms with van der Waals surface area (Å²) in [4.78, 5) is 49.5. The van der Waals surface area contributed by atoms with Crippen molar-refractivity contribution in [2.75, 3.05) is 56.9 Å². The van der Waals surface area contributed by atoms with Crippen molar-refractivity contribution >= 4 is 52.2 Å². The number of likely N-dealkylation sites (tertiary alicyclic amines) is 3. The lowest BCUT2D eigenvalue weighted by Crippen LogP contribution is -2.51. The zero-order valence-electron chi connectivity index (χ0n) is 26.6. The zero-order chi connectivity index (χ0) is 33.3. The second-order valence-electron chi connectivity index (χ2n) is 13.1. The smallest absolute Gasteiger partial charge is 0.386 e. The van der Waals surface area contributed by atoms with E-state index in [1.807, 2.05) is 16.3 Å². The molecule has 3 fully saturated rings. The summed E-state index contributed by atoms with van der Waals surface area (Å²) in [7, 11) is 1.38. The predicted octanol–water partition coefficient (Wildman–Crippen LogP) is 6.14. The van der Waals surface area contributed by atoms with Crippen molar-refractivity contribution in [1.82, 2.24) is 19.6 Å². The van der Waals surface area contributed by atoms with Gasteiger partial charge in [0.1, 0.15) is 0 Å². The van der Waals surface area contributed by atoms with Crippen molar-refractivity contribution < 1.29 is 27.6 Å². The Labute approximate surface area is 282 Å². The number of carbonyl (C=O) groups excluding carboxylic acids is 3. The highest BCUT2D eigenvalue weighted by Gasteiger charge is 2.38. The van der Waals surface area contributed by atoms with Crippen LogP contribution in [0.2, 0.25) is 5.02 Å². The van der Waals surface area contributed by atoms with Crippen LogP contribution >= 0.6 is 22.9 Å². The van der Waals surface area contributed by atoms with E-state index in [0.717, 1.165) is 42.6 Å². The minimum absolute atomic E-state index is 0.0164. The number of nitrogens with zero attached hydrogens (tertiary/aromatic N) is 4. The first kappa shape index (κ1) is 33.9. The number of fused-ring (bicyclic) bond motifs is 1. The molecule has 0 saturated carbocycles. The Morgan fingerprint density at radius 2 is 1.68 bits per heavy atom. The summed E-state index contributed by atoms with van der Waals surface area (Å²) in [5.74, 6) is -1.23. The van der Waals surface area contributed by atoms with Crippen LogP contribution < -0.4 is 10.6 Å². The Kier molecular flexibility index (Phi) is 10.2. The normalized spacial score (nSPS) is 20.7. The molecule has 9 nitrogen and oxygen atoms in total. The maximum absolute atomic E-state index is 14.0. The summed E-state index contributed by atoms with van der Waals surface area (Å²) in [6.07, 6.45) is 0.507. The van der Waals surface area contributed by atoms with Crippen LogP contribution in [0.5, 0.6) is 0 Å². The number of rotatable bonds is 8. The van der Waals surface area contributed by atoms with E-state index in [4.69, 9.17) is 11.6 Å². The summed E-state index contributed by atoms with van der Waals surface area (Å²) in [6.45, 7) is 4.70. The predicted molar refractivity (Wildman–Crippen MR) is 177 cm³/mol. The largest absolute Gasteiger partial charge is 0.418 e. The van der Waals surface area contributed by atoms with E-state index < -0.39 is 17.7 Å². The molecule has 0 bridgehead atoms. The molecule has 3 saturated heterocycles.